The van der Waals surface area contributed by atoms with Crippen LogP contribution in [0.25, 0.3) is 11.4 Å². The van der Waals surface area contributed by atoms with Crippen LogP contribution in [0, 0.1) is 13.8 Å². The summed E-state index contributed by atoms with van der Waals surface area (Å²) in [4.78, 5) is 24.3. The predicted molar refractivity (Wildman–Crippen MR) is 124 cm³/mol. The van der Waals surface area contributed by atoms with Crippen molar-refractivity contribution >= 4 is 52.5 Å². The van der Waals surface area contributed by atoms with Gasteiger partial charge in [0.1, 0.15) is 0 Å². The smallest absolute Gasteiger partial charge is 0.243 e. The molecule has 2 amide bonds. The summed E-state index contributed by atoms with van der Waals surface area (Å²) in [5.41, 5.74) is 3.30. The molecule has 0 radical (unpaired) electrons. The van der Waals surface area contributed by atoms with Crippen molar-refractivity contribution < 1.29 is 9.59 Å². The van der Waals surface area contributed by atoms with Crippen molar-refractivity contribution in [2.75, 3.05) is 23.5 Å². The zero-order valence-corrected chi connectivity index (χ0v) is 19.1. The summed E-state index contributed by atoms with van der Waals surface area (Å²) in [6.45, 7) is 3.74. The molecular formula is C20H20Cl2N6O2S. The number of aromatic nitrogens is 3. The van der Waals surface area contributed by atoms with Crippen LogP contribution in [-0.2, 0) is 9.59 Å². The lowest BCUT2D eigenvalue weighted by Gasteiger charge is -2.11. The number of halogens is 2. The number of hydrogen-bond donors (Lipinski definition) is 3. The van der Waals surface area contributed by atoms with E-state index in [1.807, 2.05) is 32.0 Å². The highest BCUT2D eigenvalue weighted by Gasteiger charge is 2.17. The molecule has 0 aliphatic rings. The van der Waals surface area contributed by atoms with Crippen molar-refractivity contribution in [1.29, 1.82) is 0 Å². The third-order valence-corrected chi connectivity index (χ3v) is 6.00. The number of nitrogen functional groups attached to an aromatic ring is 1. The maximum atomic E-state index is 12.1. The largest absolute Gasteiger partial charge is 0.346 e. The molecule has 31 heavy (non-hydrogen) atoms. The van der Waals surface area contributed by atoms with Crippen molar-refractivity contribution in [1.82, 2.24) is 20.2 Å². The minimum atomic E-state index is -0.341. The van der Waals surface area contributed by atoms with E-state index >= 15 is 0 Å². The summed E-state index contributed by atoms with van der Waals surface area (Å²) in [6.07, 6.45) is 0. The Hall–Kier alpha value is -2.75. The van der Waals surface area contributed by atoms with E-state index in [1.54, 1.807) is 18.2 Å². The van der Waals surface area contributed by atoms with E-state index in [4.69, 9.17) is 29.0 Å². The number of aryl methyl sites for hydroxylation is 1. The molecule has 8 nitrogen and oxygen atoms in total. The van der Waals surface area contributed by atoms with Gasteiger partial charge in [-0.3, -0.25) is 9.59 Å². The standard InChI is InChI=1S/C20H20Cl2N6O2S/c1-11-4-3-5-16(12(11)2)25-17(29)9-24-18(30)10-31-20-27-26-19(28(20)23)14-8-13(21)6-7-15(14)22/h3-8H,9-10,23H2,1-2H3,(H,24,30)(H,25,29). The lowest BCUT2D eigenvalue weighted by molar-refractivity contribution is -0.122. The van der Waals surface area contributed by atoms with E-state index in [0.717, 1.165) is 28.6 Å². The second kappa shape index (κ2) is 10.0. The Bertz CT molecular complexity index is 1130. The second-order valence-electron chi connectivity index (χ2n) is 6.66. The van der Waals surface area contributed by atoms with Crippen LogP contribution in [0.2, 0.25) is 10.0 Å². The molecule has 0 aliphatic carbocycles. The van der Waals surface area contributed by atoms with Crippen LogP contribution in [0.3, 0.4) is 0 Å². The SMILES string of the molecule is Cc1cccc(NC(=O)CNC(=O)CSc2nnc(-c3cc(Cl)ccc3Cl)n2N)c1C. The number of carbonyl (C=O) groups excluding carboxylic acids is 2. The fourth-order valence-electron chi connectivity index (χ4n) is 2.67. The highest BCUT2D eigenvalue weighted by molar-refractivity contribution is 7.99. The van der Waals surface area contributed by atoms with Gasteiger partial charge in [-0.25, -0.2) is 4.68 Å². The van der Waals surface area contributed by atoms with Crippen LogP contribution in [0.15, 0.2) is 41.6 Å². The number of anilines is 1. The van der Waals surface area contributed by atoms with E-state index in [0.29, 0.717) is 26.6 Å². The molecule has 0 saturated heterocycles. The van der Waals surface area contributed by atoms with Gasteiger partial charge in [0.2, 0.25) is 17.0 Å². The van der Waals surface area contributed by atoms with Gasteiger partial charge in [0.05, 0.1) is 17.3 Å². The molecule has 4 N–H and O–H groups in total. The minimum absolute atomic E-state index is 0.00929. The Morgan fingerprint density at radius 2 is 1.90 bits per heavy atom. The molecule has 0 fully saturated rings. The molecule has 0 spiro atoms. The quantitative estimate of drug-likeness (QED) is 0.353. The molecular weight excluding hydrogens is 459 g/mol. The molecule has 1 aromatic heterocycles. The number of nitrogens with one attached hydrogen (secondary N) is 2. The maximum Gasteiger partial charge on any atom is 0.243 e. The van der Waals surface area contributed by atoms with Gasteiger partial charge < -0.3 is 16.5 Å². The molecule has 3 rings (SSSR count). The molecule has 3 aromatic rings. The van der Waals surface area contributed by atoms with Crippen LogP contribution in [-0.4, -0.2) is 39.0 Å². The van der Waals surface area contributed by atoms with Crippen LogP contribution < -0.4 is 16.5 Å². The van der Waals surface area contributed by atoms with Crippen LogP contribution >= 0.6 is 35.0 Å². The fourth-order valence-corrected chi connectivity index (χ4v) is 3.73. The molecule has 0 atom stereocenters. The minimum Gasteiger partial charge on any atom is -0.346 e. The summed E-state index contributed by atoms with van der Waals surface area (Å²) in [7, 11) is 0. The average Bonchev–Trinajstić information content (AvgIpc) is 3.10. The summed E-state index contributed by atoms with van der Waals surface area (Å²) in [6, 6.07) is 10.6. The summed E-state index contributed by atoms with van der Waals surface area (Å²) < 4.78 is 1.24. The first kappa shape index (κ1) is 22.9. The molecule has 1 heterocycles. The third-order valence-electron chi connectivity index (χ3n) is 4.49. The van der Waals surface area contributed by atoms with E-state index in [9.17, 15) is 9.59 Å². The number of benzene rings is 2. The van der Waals surface area contributed by atoms with Crippen molar-refractivity contribution in [2.45, 2.75) is 19.0 Å². The number of rotatable bonds is 7. The Balaban J connectivity index is 1.53. The van der Waals surface area contributed by atoms with Crippen LogP contribution in [0.1, 0.15) is 11.1 Å². The van der Waals surface area contributed by atoms with Crippen molar-refractivity contribution in [3.8, 4) is 11.4 Å². The van der Waals surface area contributed by atoms with Gasteiger partial charge in [-0.05, 0) is 49.2 Å². The highest BCUT2D eigenvalue weighted by atomic mass is 35.5. The predicted octanol–water partition coefficient (Wildman–Crippen LogP) is 3.43. The highest BCUT2D eigenvalue weighted by Crippen LogP contribution is 2.30. The molecule has 0 bridgehead atoms. The maximum absolute atomic E-state index is 12.1. The summed E-state index contributed by atoms with van der Waals surface area (Å²) >= 11 is 13.3. The van der Waals surface area contributed by atoms with Gasteiger partial charge in [-0.1, -0.05) is 47.1 Å². The van der Waals surface area contributed by atoms with E-state index < -0.39 is 0 Å². The van der Waals surface area contributed by atoms with Gasteiger partial charge in [-0.2, -0.15) is 0 Å². The number of carbonyl (C=O) groups is 2. The number of nitrogens with zero attached hydrogens (tertiary/aromatic N) is 3. The van der Waals surface area contributed by atoms with Crippen molar-refractivity contribution in [2.24, 2.45) is 0 Å². The van der Waals surface area contributed by atoms with Crippen LogP contribution in [0.5, 0.6) is 0 Å². The Morgan fingerprint density at radius 3 is 2.68 bits per heavy atom. The molecule has 2 aromatic carbocycles. The first-order valence-electron chi connectivity index (χ1n) is 9.17. The molecule has 0 saturated carbocycles. The van der Waals surface area contributed by atoms with E-state index in [1.165, 1.54) is 4.68 Å². The van der Waals surface area contributed by atoms with E-state index in [2.05, 4.69) is 20.8 Å². The Morgan fingerprint density at radius 1 is 1.13 bits per heavy atom. The number of nitrogens with two attached hydrogens (primary N) is 1. The number of amides is 2. The molecule has 11 heteroatoms. The molecule has 0 unspecified atom stereocenters. The average molecular weight is 479 g/mol. The van der Waals surface area contributed by atoms with Gasteiger partial charge in [-0.15, -0.1) is 10.2 Å². The Labute approximate surface area is 193 Å². The van der Waals surface area contributed by atoms with Crippen molar-refractivity contribution in [3.63, 3.8) is 0 Å². The second-order valence-corrected chi connectivity index (χ2v) is 8.45. The molecule has 0 aliphatic heterocycles. The normalized spacial score (nSPS) is 10.7. The van der Waals surface area contributed by atoms with E-state index in [-0.39, 0.29) is 24.1 Å². The van der Waals surface area contributed by atoms with Gasteiger partial charge in [0.15, 0.2) is 5.82 Å². The van der Waals surface area contributed by atoms with Gasteiger partial charge in [0.25, 0.3) is 0 Å². The third kappa shape index (κ3) is 5.69. The zero-order valence-electron chi connectivity index (χ0n) is 16.8. The van der Waals surface area contributed by atoms with Crippen molar-refractivity contribution in [3.05, 3.63) is 57.6 Å². The monoisotopic (exact) mass is 478 g/mol. The summed E-state index contributed by atoms with van der Waals surface area (Å²) in [5.74, 6) is 5.73. The first-order valence-corrected chi connectivity index (χ1v) is 10.9. The summed E-state index contributed by atoms with van der Waals surface area (Å²) in [5, 5.41) is 14.6. The van der Waals surface area contributed by atoms with Crippen LogP contribution in [0.4, 0.5) is 5.69 Å². The van der Waals surface area contributed by atoms with Gasteiger partial charge in [0, 0.05) is 16.3 Å². The zero-order chi connectivity index (χ0) is 22.5. The van der Waals surface area contributed by atoms with Gasteiger partial charge >= 0.3 is 0 Å². The number of hydrogen-bond acceptors (Lipinski definition) is 6. The molecule has 162 valence electrons. The topological polar surface area (TPSA) is 115 Å². The first-order chi connectivity index (χ1) is 14.8. The lowest BCUT2D eigenvalue weighted by atomic mass is 10.1. The fraction of sp³-hybridized carbons (Fsp3) is 0.200. The number of thioether (sulfide) groups is 1. The Kier molecular flexibility index (Phi) is 7.42. The lowest BCUT2D eigenvalue weighted by Crippen LogP contribution is -2.34.